The summed E-state index contributed by atoms with van der Waals surface area (Å²) in [5.41, 5.74) is 2.74. The number of epoxide rings is 1. The average Bonchev–Trinajstić information content (AvgIpc) is 3.21. The van der Waals surface area contributed by atoms with Crippen LogP contribution in [0.25, 0.3) is 0 Å². The minimum atomic E-state index is 0.499. The first kappa shape index (κ1) is 15.4. The van der Waals surface area contributed by atoms with E-state index >= 15 is 0 Å². The van der Waals surface area contributed by atoms with Gasteiger partial charge in [-0.2, -0.15) is 0 Å². The van der Waals surface area contributed by atoms with Gasteiger partial charge in [0.25, 0.3) is 0 Å². The Morgan fingerprint density at radius 1 is 1.20 bits per heavy atom. The third kappa shape index (κ3) is 3.99. The highest BCUT2D eigenvalue weighted by Crippen LogP contribution is 2.31. The lowest BCUT2D eigenvalue weighted by Crippen LogP contribution is -2.02. The first-order valence-corrected chi connectivity index (χ1v) is 8.06. The molecule has 2 nitrogen and oxygen atoms in total. The first-order valence-electron chi connectivity index (χ1n) is 8.06. The third-order valence-corrected chi connectivity index (χ3v) is 3.97. The summed E-state index contributed by atoms with van der Waals surface area (Å²) >= 11 is 0. The van der Waals surface area contributed by atoms with Crippen molar-refractivity contribution in [3.63, 3.8) is 0 Å². The van der Waals surface area contributed by atoms with E-state index in [1.54, 1.807) is 0 Å². The van der Waals surface area contributed by atoms with Crippen molar-refractivity contribution >= 4 is 0 Å². The van der Waals surface area contributed by atoms with Gasteiger partial charge in [-0.1, -0.05) is 39.8 Å². The highest BCUT2D eigenvalue weighted by atomic mass is 16.6. The summed E-state index contributed by atoms with van der Waals surface area (Å²) in [6.45, 7) is 9.60. The number of hydrogen-bond acceptors (Lipinski definition) is 2. The maximum absolute atomic E-state index is 5.85. The van der Waals surface area contributed by atoms with Crippen molar-refractivity contribution in [2.24, 2.45) is 0 Å². The fourth-order valence-corrected chi connectivity index (χ4v) is 2.65. The summed E-state index contributed by atoms with van der Waals surface area (Å²) in [4.78, 5) is 0. The first-order chi connectivity index (χ1) is 9.65. The highest BCUT2D eigenvalue weighted by molar-refractivity contribution is 5.39. The van der Waals surface area contributed by atoms with Gasteiger partial charge in [-0.15, -0.1) is 0 Å². The van der Waals surface area contributed by atoms with Crippen molar-refractivity contribution in [3.05, 3.63) is 29.3 Å². The molecule has 1 saturated heterocycles. The van der Waals surface area contributed by atoms with Crippen molar-refractivity contribution < 1.29 is 9.47 Å². The summed E-state index contributed by atoms with van der Waals surface area (Å²) in [5, 5.41) is 0. The SMILES string of the molecule is CCCOc1ccc(CCC2OC2CC)cc1C(C)C. The summed E-state index contributed by atoms with van der Waals surface area (Å²) in [7, 11) is 0. The van der Waals surface area contributed by atoms with Crippen LogP contribution in [-0.4, -0.2) is 18.8 Å². The van der Waals surface area contributed by atoms with Crippen molar-refractivity contribution in [2.45, 2.75) is 71.5 Å². The molecule has 0 aliphatic carbocycles. The lowest BCUT2D eigenvalue weighted by atomic mass is 9.97. The number of aryl methyl sites for hydroxylation is 1. The van der Waals surface area contributed by atoms with E-state index in [2.05, 4.69) is 45.9 Å². The smallest absolute Gasteiger partial charge is 0.122 e. The summed E-state index contributed by atoms with van der Waals surface area (Å²) in [6, 6.07) is 6.67. The lowest BCUT2D eigenvalue weighted by molar-refractivity contribution is 0.313. The number of benzene rings is 1. The molecular weight excluding hydrogens is 248 g/mol. The van der Waals surface area contributed by atoms with Crippen LogP contribution in [0.4, 0.5) is 0 Å². The summed E-state index contributed by atoms with van der Waals surface area (Å²) < 4.78 is 11.5. The fourth-order valence-electron chi connectivity index (χ4n) is 2.65. The number of rotatable bonds is 8. The van der Waals surface area contributed by atoms with Gasteiger partial charge in [0.15, 0.2) is 0 Å². The molecule has 1 aromatic rings. The molecule has 0 aromatic heterocycles. The molecule has 2 rings (SSSR count). The molecular formula is C18H28O2. The second-order valence-electron chi connectivity index (χ2n) is 6.04. The Morgan fingerprint density at radius 2 is 2.00 bits per heavy atom. The van der Waals surface area contributed by atoms with Crippen molar-refractivity contribution in [1.29, 1.82) is 0 Å². The van der Waals surface area contributed by atoms with Crippen LogP contribution in [-0.2, 0) is 11.2 Å². The highest BCUT2D eigenvalue weighted by Gasteiger charge is 2.35. The molecule has 112 valence electrons. The monoisotopic (exact) mass is 276 g/mol. The zero-order valence-corrected chi connectivity index (χ0v) is 13.3. The molecule has 20 heavy (non-hydrogen) atoms. The topological polar surface area (TPSA) is 21.8 Å². The molecule has 1 aromatic carbocycles. The Hall–Kier alpha value is -1.02. The molecule has 0 spiro atoms. The molecule has 2 heteroatoms. The van der Waals surface area contributed by atoms with Crippen LogP contribution in [0.5, 0.6) is 5.75 Å². The van der Waals surface area contributed by atoms with Gasteiger partial charge in [0.05, 0.1) is 18.8 Å². The minimum Gasteiger partial charge on any atom is -0.493 e. The molecule has 0 bridgehead atoms. The molecule has 0 radical (unpaired) electrons. The lowest BCUT2D eigenvalue weighted by Gasteiger charge is -2.15. The normalized spacial score (nSPS) is 21.2. The Kier molecular flexibility index (Phi) is 5.47. The van der Waals surface area contributed by atoms with Gasteiger partial charge in [-0.05, 0) is 48.8 Å². The van der Waals surface area contributed by atoms with E-state index in [0.29, 0.717) is 18.1 Å². The Balaban J connectivity index is 1.97. The molecule has 1 fully saturated rings. The van der Waals surface area contributed by atoms with Gasteiger partial charge in [0.2, 0.25) is 0 Å². The van der Waals surface area contributed by atoms with Crippen molar-refractivity contribution in [3.8, 4) is 5.75 Å². The Bertz CT molecular complexity index is 425. The van der Waals surface area contributed by atoms with E-state index < -0.39 is 0 Å². The van der Waals surface area contributed by atoms with Gasteiger partial charge in [-0.25, -0.2) is 0 Å². The maximum Gasteiger partial charge on any atom is 0.122 e. The maximum atomic E-state index is 5.85. The second-order valence-corrected chi connectivity index (χ2v) is 6.04. The Labute approximate surface area is 123 Å². The van der Waals surface area contributed by atoms with E-state index in [1.807, 2.05) is 0 Å². The molecule has 2 atom stereocenters. The van der Waals surface area contributed by atoms with Crippen LogP contribution < -0.4 is 4.74 Å². The van der Waals surface area contributed by atoms with Crippen molar-refractivity contribution in [2.75, 3.05) is 6.61 Å². The van der Waals surface area contributed by atoms with Gasteiger partial charge < -0.3 is 9.47 Å². The number of hydrogen-bond donors (Lipinski definition) is 0. The Morgan fingerprint density at radius 3 is 2.60 bits per heavy atom. The van der Waals surface area contributed by atoms with Gasteiger partial charge >= 0.3 is 0 Å². The van der Waals surface area contributed by atoms with E-state index in [4.69, 9.17) is 9.47 Å². The summed E-state index contributed by atoms with van der Waals surface area (Å²) in [5.74, 6) is 1.56. The molecule has 0 amide bonds. The molecule has 0 N–H and O–H groups in total. The molecule has 1 aliphatic rings. The van der Waals surface area contributed by atoms with E-state index in [9.17, 15) is 0 Å². The molecule has 1 aliphatic heterocycles. The fraction of sp³-hybridized carbons (Fsp3) is 0.667. The summed E-state index contributed by atoms with van der Waals surface area (Å²) in [6.07, 6.45) is 5.47. The van der Waals surface area contributed by atoms with Gasteiger partial charge in [0, 0.05) is 0 Å². The second kappa shape index (κ2) is 7.12. The zero-order chi connectivity index (χ0) is 14.5. The van der Waals surface area contributed by atoms with Crippen LogP contribution >= 0.6 is 0 Å². The van der Waals surface area contributed by atoms with Crippen molar-refractivity contribution in [1.82, 2.24) is 0 Å². The van der Waals surface area contributed by atoms with Crippen LogP contribution in [0.1, 0.15) is 64.0 Å². The average molecular weight is 276 g/mol. The molecule has 0 saturated carbocycles. The van der Waals surface area contributed by atoms with Crippen LogP contribution in [0, 0.1) is 0 Å². The molecule has 1 heterocycles. The van der Waals surface area contributed by atoms with E-state index in [1.165, 1.54) is 11.1 Å². The predicted octanol–water partition coefficient (Wildman–Crippen LogP) is 4.71. The van der Waals surface area contributed by atoms with Crippen LogP contribution in [0.15, 0.2) is 18.2 Å². The van der Waals surface area contributed by atoms with Crippen LogP contribution in [0.2, 0.25) is 0 Å². The quantitative estimate of drug-likeness (QED) is 0.641. The standard InChI is InChI=1S/C18H28O2/c1-5-11-19-17-9-7-14(12-15(17)13(3)4)8-10-18-16(6-2)20-18/h7,9,12-13,16,18H,5-6,8,10-11H2,1-4H3. The van der Waals surface area contributed by atoms with E-state index in [-0.39, 0.29) is 0 Å². The molecule has 2 unspecified atom stereocenters. The van der Waals surface area contributed by atoms with Crippen LogP contribution in [0.3, 0.4) is 0 Å². The van der Waals surface area contributed by atoms with E-state index in [0.717, 1.165) is 38.0 Å². The number of ether oxygens (including phenoxy) is 2. The predicted molar refractivity (Wildman–Crippen MR) is 83.6 cm³/mol. The largest absolute Gasteiger partial charge is 0.493 e. The third-order valence-electron chi connectivity index (χ3n) is 3.97. The van der Waals surface area contributed by atoms with Gasteiger partial charge in [-0.3, -0.25) is 0 Å². The van der Waals surface area contributed by atoms with Gasteiger partial charge in [0.1, 0.15) is 5.75 Å². The minimum absolute atomic E-state index is 0.499. The zero-order valence-electron chi connectivity index (χ0n) is 13.3.